The van der Waals surface area contributed by atoms with Crippen molar-refractivity contribution < 1.29 is 38.7 Å². The maximum atomic E-state index is 14.1. The van der Waals surface area contributed by atoms with E-state index >= 15 is 0 Å². The van der Waals surface area contributed by atoms with Crippen LogP contribution in [0.25, 0.3) is 0 Å². The van der Waals surface area contributed by atoms with Crippen LogP contribution in [0.2, 0.25) is 10.0 Å². The number of hydrogen-bond acceptors (Lipinski definition) is 8. The number of carbonyl (C=O) groups excluding carboxylic acids is 4. The van der Waals surface area contributed by atoms with Gasteiger partial charge in [0, 0.05) is 19.3 Å². The van der Waals surface area contributed by atoms with Crippen LogP contribution in [0.5, 0.6) is 0 Å². The van der Waals surface area contributed by atoms with E-state index in [9.17, 15) is 29.1 Å². The molecule has 1 aliphatic rings. The molecule has 4 rings (SSSR count). The van der Waals surface area contributed by atoms with Crippen molar-refractivity contribution in [1.82, 2.24) is 10.6 Å². The highest BCUT2D eigenvalue weighted by Gasteiger charge is 2.49. The summed E-state index contributed by atoms with van der Waals surface area (Å²) in [6.45, 7) is 2.94. The van der Waals surface area contributed by atoms with Crippen molar-refractivity contribution in [2.45, 2.75) is 63.6 Å². The van der Waals surface area contributed by atoms with Gasteiger partial charge in [-0.2, -0.15) is 0 Å². The van der Waals surface area contributed by atoms with Gasteiger partial charge in [-0.25, -0.2) is 4.79 Å². The maximum absolute atomic E-state index is 14.1. The summed E-state index contributed by atoms with van der Waals surface area (Å²) in [5, 5.41) is 19.4. The number of oxime groups is 1. The Morgan fingerprint density at radius 3 is 2.10 bits per heavy atom. The minimum Gasteiger partial charge on any atom is -0.481 e. The van der Waals surface area contributed by atoms with E-state index in [0.717, 1.165) is 5.56 Å². The normalized spacial score (nSPS) is 16.6. The van der Waals surface area contributed by atoms with E-state index in [2.05, 4.69) is 15.8 Å². The van der Waals surface area contributed by atoms with Crippen molar-refractivity contribution in [1.29, 1.82) is 0 Å². The molecule has 0 spiro atoms. The summed E-state index contributed by atoms with van der Waals surface area (Å²) in [5.74, 6) is -4.37. The lowest BCUT2D eigenvalue weighted by molar-refractivity contribution is -0.148. The molecule has 3 N–H and O–H groups in total. The summed E-state index contributed by atoms with van der Waals surface area (Å²) in [7, 11) is 0. The molecule has 0 radical (unpaired) electrons. The van der Waals surface area contributed by atoms with Crippen LogP contribution in [0.1, 0.15) is 54.6 Å². The number of rotatable bonds is 16. The van der Waals surface area contributed by atoms with Crippen LogP contribution < -0.4 is 10.6 Å². The van der Waals surface area contributed by atoms with Crippen LogP contribution in [0.15, 0.2) is 84.0 Å². The molecule has 0 fully saturated rings. The first kappa shape index (κ1) is 37.1. The number of carbonyl (C=O) groups is 5. The van der Waals surface area contributed by atoms with Crippen molar-refractivity contribution in [3.63, 3.8) is 0 Å². The molecule has 0 bridgehead atoms. The van der Waals surface area contributed by atoms with E-state index in [4.69, 9.17) is 32.8 Å². The Kier molecular flexibility index (Phi) is 12.9. The predicted octanol–water partition coefficient (Wildman–Crippen LogP) is 5.21. The van der Waals surface area contributed by atoms with Gasteiger partial charge in [0.1, 0.15) is 6.04 Å². The second-order valence-electron chi connectivity index (χ2n) is 12.0. The van der Waals surface area contributed by atoms with Crippen LogP contribution in [0.3, 0.4) is 0 Å². The Labute approximate surface area is 293 Å². The number of carboxylic acid groups (broad SMARTS) is 1. The summed E-state index contributed by atoms with van der Waals surface area (Å²) in [4.78, 5) is 70.6. The molecule has 3 aromatic rings. The molecule has 3 atom stereocenters. The number of esters is 1. The highest BCUT2D eigenvalue weighted by atomic mass is 35.5. The molecule has 13 heteroatoms. The third-order valence-electron chi connectivity index (χ3n) is 7.96. The molecular formula is C36H37Cl2N3O8. The number of nitrogens with one attached hydrogen (secondary N) is 2. The van der Waals surface area contributed by atoms with E-state index in [0.29, 0.717) is 17.7 Å². The second kappa shape index (κ2) is 17.1. The molecule has 0 aromatic heterocycles. The quantitative estimate of drug-likeness (QED) is 0.171. The van der Waals surface area contributed by atoms with E-state index in [-0.39, 0.29) is 46.7 Å². The number of benzene rings is 3. The number of aliphatic carboxylic acids is 1. The zero-order chi connectivity index (χ0) is 35.6. The Hall–Kier alpha value is -4.74. The first-order valence-corrected chi connectivity index (χ1v) is 16.4. The number of nitrogens with zero attached hydrogens (tertiary/aromatic N) is 1. The van der Waals surface area contributed by atoms with Crippen molar-refractivity contribution >= 4 is 58.4 Å². The lowest BCUT2D eigenvalue weighted by atomic mass is 9.84. The summed E-state index contributed by atoms with van der Waals surface area (Å²) in [6, 6.07) is 20.8. The maximum Gasteiger partial charge on any atom is 0.341 e. The standard InChI is InChI=1S/C36H37Cl2N3O8/c1-22(2)33(40-30(43)17-16-23-10-5-3-6-11-23)28-20-36(49-41-28,19-24-12-7-4-8-13-24)35(47)39-27(18-31(44)45)29(42)21-48-34(46)32-25(37)14-9-15-26(32)38/h3-15,22,27,33H,16-21H2,1-2H3,(H,39,47)(H,40,43)(H,44,45)/t27-,33-,36?/m0/s1. The number of ketones is 1. The minimum absolute atomic E-state index is 0.00413. The number of Topliss-reactive ketones (excluding diaryl/α,β-unsaturated/α-hetero) is 1. The number of hydrogen-bond donors (Lipinski definition) is 3. The number of ether oxygens (including phenoxy) is 1. The van der Waals surface area contributed by atoms with Crippen LogP contribution >= 0.6 is 23.2 Å². The van der Waals surface area contributed by atoms with Gasteiger partial charge in [0.15, 0.2) is 12.4 Å². The first-order chi connectivity index (χ1) is 23.4. The van der Waals surface area contributed by atoms with Gasteiger partial charge in [-0.1, -0.05) is 109 Å². The van der Waals surface area contributed by atoms with Crippen LogP contribution in [-0.4, -0.2) is 64.6 Å². The molecule has 0 aliphatic carbocycles. The topological polar surface area (TPSA) is 160 Å². The van der Waals surface area contributed by atoms with Gasteiger partial charge in [0.05, 0.1) is 33.8 Å². The first-order valence-electron chi connectivity index (χ1n) is 15.7. The smallest absolute Gasteiger partial charge is 0.341 e. The van der Waals surface area contributed by atoms with Crippen LogP contribution in [0.4, 0.5) is 0 Å². The average Bonchev–Trinajstić information content (AvgIpc) is 3.50. The fourth-order valence-electron chi connectivity index (χ4n) is 5.39. The predicted molar refractivity (Wildman–Crippen MR) is 183 cm³/mol. The highest BCUT2D eigenvalue weighted by molar-refractivity contribution is 6.39. The van der Waals surface area contributed by atoms with E-state index in [1.54, 1.807) is 24.3 Å². The lowest BCUT2D eigenvalue weighted by Gasteiger charge is -2.29. The SMILES string of the molecule is CC(C)[C@H](NC(=O)CCc1ccccc1)C1=NOC(Cc2ccccc2)(C(=O)N[C@@H](CC(=O)O)C(=O)COC(=O)c2c(Cl)cccc2Cl)C1. The molecule has 3 aromatic carbocycles. The van der Waals surface area contributed by atoms with Gasteiger partial charge in [-0.05, 0) is 35.6 Å². The van der Waals surface area contributed by atoms with Crippen molar-refractivity contribution in [2.75, 3.05) is 6.61 Å². The van der Waals surface area contributed by atoms with Crippen molar-refractivity contribution in [3.05, 3.63) is 106 Å². The van der Waals surface area contributed by atoms with Gasteiger partial charge in [0.25, 0.3) is 5.91 Å². The third kappa shape index (κ3) is 10.1. The molecule has 1 unspecified atom stereocenters. The van der Waals surface area contributed by atoms with Gasteiger partial charge >= 0.3 is 11.9 Å². The fraction of sp³-hybridized carbons (Fsp3) is 0.333. The zero-order valence-corrected chi connectivity index (χ0v) is 28.5. The number of carboxylic acids is 1. The number of amides is 2. The van der Waals surface area contributed by atoms with Gasteiger partial charge < -0.3 is 25.3 Å². The van der Waals surface area contributed by atoms with Gasteiger partial charge in [-0.3, -0.25) is 19.2 Å². The van der Waals surface area contributed by atoms with E-state index in [1.807, 2.05) is 50.2 Å². The molecule has 2 amide bonds. The van der Waals surface area contributed by atoms with Crippen molar-refractivity contribution in [2.24, 2.45) is 11.1 Å². The van der Waals surface area contributed by atoms with Crippen molar-refractivity contribution in [3.8, 4) is 0 Å². The highest BCUT2D eigenvalue weighted by Crippen LogP contribution is 2.32. The Morgan fingerprint density at radius 2 is 1.51 bits per heavy atom. The Bertz CT molecular complexity index is 1680. The van der Waals surface area contributed by atoms with Gasteiger partial charge in [-0.15, -0.1) is 0 Å². The summed E-state index contributed by atoms with van der Waals surface area (Å²) >= 11 is 12.1. The fourth-order valence-corrected chi connectivity index (χ4v) is 5.94. The summed E-state index contributed by atoms with van der Waals surface area (Å²) in [6.07, 6.45) is -0.0447. The minimum atomic E-state index is -1.68. The molecular weight excluding hydrogens is 673 g/mol. The summed E-state index contributed by atoms with van der Waals surface area (Å²) in [5.41, 5.74) is 0.314. The molecule has 1 aliphatic heterocycles. The second-order valence-corrected chi connectivity index (χ2v) is 12.9. The van der Waals surface area contributed by atoms with E-state index < -0.39 is 54.3 Å². The Morgan fingerprint density at radius 1 is 0.898 bits per heavy atom. The van der Waals surface area contributed by atoms with E-state index in [1.165, 1.54) is 18.2 Å². The number of halogens is 2. The lowest BCUT2D eigenvalue weighted by Crippen LogP contribution is -2.55. The molecule has 0 saturated carbocycles. The Balaban J connectivity index is 1.50. The molecule has 49 heavy (non-hydrogen) atoms. The number of aryl methyl sites for hydroxylation is 1. The largest absolute Gasteiger partial charge is 0.481 e. The average molecular weight is 711 g/mol. The molecule has 258 valence electrons. The molecule has 1 heterocycles. The molecule has 0 saturated heterocycles. The monoisotopic (exact) mass is 709 g/mol. The van der Waals surface area contributed by atoms with Crippen LogP contribution in [0, 0.1) is 5.92 Å². The molecule has 11 nitrogen and oxygen atoms in total. The summed E-state index contributed by atoms with van der Waals surface area (Å²) < 4.78 is 5.11. The van der Waals surface area contributed by atoms with Gasteiger partial charge in [0.2, 0.25) is 11.5 Å². The van der Waals surface area contributed by atoms with Crippen LogP contribution in [-0.2, 0) is 41.6 Å². The zero-order valence-electron chi connectivity index (χ0n) is 27.0. The third-order valence-corrected chi connectivity index (χ3v) is 8.59.